The van der Waals surface area contributed by atoms with Gasteiger partial charge in [-0.2, -0.15) is 0 Å². The van der Waals surface area contributed by atoms with E-state index in [4.69, 9.17) is 9.47 Å². The molecule has 3 aromatic rings. The number of ether oxygens (including phenoxy) is 2. The van der Waals surface area contributed by atoms with Crippen LogP contribution in [-0.2, 0) is 4.74 Å². The Kier molecular flexibility index (Phi) is 7.08. The van der Waals surface area contributed by atoms with Crippen LogP contribution < -0.4 is 25.6 Å². The number of hydrogen-bond acceptors (Lipinski definition) is 7. The van der Waals surface area contributed by atoms with Crippen LogP contribution in [0.15, 0.2) is 30.5 Å². The molecule has 0 bridgehead atoms. The molecule has 1 unspecified atom stereocenters. The Morgan fingerprint density at radius 3 is 2.89 bits per heavy atom. The summed E-state index contributed by atoms with van der Waals surface area (Å²) in [6, 6.07) is 7.22. The third-order valence-corrected chi connectivity index (χ3v) is 7.39. The van der Waals surface area contributed by atoms with Crippen LogP contribution in [0.3, 0.4) is 0 Å². The van der Waals surface area contributed by atoms with Crippen LogP contribution in [0.4, 0.5) is 21.9 Å². The molecule has 2 aromatic heterocycles. The molecule has 1 fully saturated rings. The zero-order chi connectivity index (χ0) is 25.2. The number of thiophene rings is 1. The van der Waals surface area contributed by atoms with Crippen molar-refractivity contribution >= 4 is 50.6 Å². The standard InChI is InChI=1S/C26H31N5O4S/c1-15(2)34-11-12-35-18-6-7-19(16(3)13-18)31-20-8-10-28-25-21(20)22(30-26(31)33)23(36-25)24(32)29-17-5-4-9-27-14-17/h6-8,10,13,15,17,27H,4-5,9,11-12,14H2,1-3H3,(H,29,32)(H,30,33). The van der Waals surface area contributed by atoms with Crippen LogP contribution in [0.1, 0.15) is 41.9 Å². The number of carbonyl (C=O) groups excluding carboxylic acids is 2. The first-order valence-electron chi connectivity index (χ1n) is 12.3. The number of hydrogen-bond donors (Lipinski definition) is 3. The average Bonchev–Trinajstić information content (AvgIpc) is 3.23. The summed E-state index contributed by atoms with van der Waals surface area (Å²) >= 11 is 1.30. The molecule has 1 atom stereocenters. The van der Waals surface area contributed by atoms with Gasteiger partial charge in [-0.3, -0.25) is 9.69 Å². The van der Waals surface area contributed by atoms with Gasteiger partial charge in [0, 0.05) is 18.8 Å². The van der Waals surface area contributed by atoms with E-state index in [2.05, 4.69) is 20.9 Å². The van der Waals surface area contributed by atoms with Crippen molar-refractivity contribution in [3.05, 3.63) is 40.9 Å². The highest BCUT2D eigenvalue weighted by Crippen LogP contribution is 2.46. The maximum absolute atomic E-state index is 13.4. The van der Waals surface area contributed by atoms with Crippen LogP contribution in [0.5, 0.6) is 5.75 Å². The van der Waals surface area contributed by atoms with Gasteiger partial charge in [-0.25, -0.2) is 9.78 Å². The molecular weight excluding hydrogens is 478 g/mol. The molecule has 3 N–H and O–H groups in total. The van der Waals surface area contributed by atoms with Gasteiger partial charge in [0.1, 0.15) is 22.1 Å². The van der Waals surface area contributed by atoms with Crippen molar-refractivity contribution in [2.75, 3.05) is 36.5 Å². The number of rotatable bonds is 8. The number of pyridine rings is 1. The molecule has 10 heteroatoms. The Labute approximate surface area is 214 Å². The summed E-state index contributed by atoms with van der Waals surface area (Å²) in [6.45, 7) is 8.60. The minimum absolute atomic E-state index is 0.0761. The van der Waals surface area contributed by atoms with Gasteiger partial charge in [0.25, 0.3) is 5.91 Å². The number of urea groups is 1. The SMILES string of the molecule is Cc1cc(OCCOC(C)C)ccc1N1C(=O)Nc2c(C(=O)NC3CCCNC3)sc3nccc1c23. The third-order valence-electron chi connectivity index (χ3n) is 6.30. The molecule has 3 amide bonds. The number of nitrogens with one attached hydrogen (secondary N) is 3. The van der Waals surface area contributed by atoms with E-state index in [-0.39, 0.29) is 24.1 Å². The number of benzene rings is 1. The number of anilines is 3. The predicted molar refractivity (Wildman–Crippen MR) is 142 cm³/mol. The normalized spacial score (nSPS) is 17.4. The summed E-state index contributed by atoms with van der Waals surface area (Å²) < 4.78 is 11.3. The fourth-order valence-electron chi connectivity index (χ4n) is 4.62. The second kappa shape index (κ2) is 10.4. The lowest BCUT2D eigenvalue weighted by atomic mass is 10.1. The Morgan fingerprint density at radius 2 is 2.14 bits per heavy atom. The van der Waals surface area contributed by atoms with Crippen molar-refractivity contribution in [1.82, 2.24) is 15.6 Å². The van der Waals surface area contributed by atoms with E-state index in [1.54, 1.807) is 11.1 Å². The van der Waals surface area contributed by atoms with Gasteiger partial charge in [0.15, 0.2) is 0 Å². The summed E-state index contributed by atoms with van der Waals surface area (Å²) in [4.78, 5) is 33.9. The highest BCUT2D eigenvalue weighted by atomic mass is 32.1. The summed E-state index contributed by atoms with van der Waals surface area (Å²) in [5.41, 5.74) is 2.86. The average molecular weight is 510 g/mol. The number of amides is 3. The van der Waals surface area contributed by atoms with Crippen LogP contribution >= 0.6 is 11.3 Å². The molecule has 4 heterocycles. The van der Waals surface area contributed by atoms with Crippen LogP contribution in [0, 0.1) is 6.92 Å². The minimum Gasteiger partial charge on any atom is -0.491 e. The molecule has 0 radical (unpaired) electrons. The van der Waals surface area contributed by atoms with Gasteiger partial charge in [0.05, 0.1) is 35.2 Å². The van der Waals surface area contributed by atoms with E-state index in [9.17, 15) is 9.59 Å². The molecule has 5 rings (SSSR count). The topological polar surface area (TPSA) is 105 Å². The molecule has 36 heavy (non-hydrogen) atoms. The van der Waals surface area contributed by atoms with Crippen molar-refractivity contribution in [2.45, 2.75) is 45.8 Å². The smallest absolute Gasteiger partial charge is 0.331 e. The lowest BCUT2D eigenvalue weighted by Gasteiger charge is -2.30. The van der Waals surface area contributed by atoms with Crippen molar-refractivity contribution in [3.8, 4) is 5.75 Å². The van der Waals surface area contributed by atoms with Gasteiger partial charge in [0.2, 0.25) is 0 Å². The van der Waals surface area contributed by atoms with E-state index in [1.807, 2.05) is 45.0 Å². The zero-order valence-corrected chi connectivity index (χ0v) is 21.5. The number of nitrogens with zero attached hydrogens (tertiary/aromatic N) is 2. The first-order valence-corrected chi connectivity index (χ1v) is 13.1. The molecule has 0 spiro atoms. The molecule has 190 valence electrons. The summed E-state index contributed by atoms with van der Waals surface area (Å²) in [6.07, 6.45) is 3.80. The summed E-state index contributed by atoms with van der Waals surface area (Å²) in [7, 11) is 0. The maximum Gasteiger partial charge on any atom is 0.331 e. The van der Waals surface area contributed by atoms with Crippen molar-refractivity contribution in [2.24, 2.45) is 0 Å². The van der Waals surface area contributed by atoms with E-state index in [1.165, 1.54) is 11.3 Å². The fourth-order valence-corrected chi connectivity index (χ4v) is 5.64. The van der Waals surface area contributed by atoms with Crippen LogP contribution in [-0.4, -0.2) is 55.4 Å². The minimum atomic E-state index is -0.316. The molecule has 0 aliphatic carbocycles. The third kappa shape index (κ3) is 4.88. The van der Waals surface area contributed by atoms with Crippen molar-refractivity contribution < 1.29 is 19.1 Å². The highest BCUT2D eigenvalue weighted by molar-refractivity contribution is 7.21. The fraction of sp³-hybridized carbons (Fsp3) is 0.423. The number of aromatic nitrogens is 1. The molecule has 0 saturated carbocycles. The molecule has 2 aliphatic heterocycles. The lowest BCUT2D eigenvalue weighted by Crippen LogP contribution is -2.45. The molecule has 2 aliphatic rings. The van der Waals surface area contributed by atoms with Crippen LogP contribution in [0.25, 0.3) is 10.2 Å². The zero-order valence-electron chi connectivity index (χ0n) is 20.7. The molecule has 9 nitrogen and oxygen atoms in total. The Morgan fingerprint density at radius 1 is 1.28 bits per heavy atom. The Balaban J connectivity index is 1.42. The molecule has 1 aromatic carbocycles. The quantitative estimate of drug-likeness (QED) is 0.384. The molecular formula is C26H31N5O4S. The van der Waals surface area contributed by atoms with Crippen molar-refractivity contribution in [3.63, 3.8) is 0 Å². The second-order valence-corrected chi connectivity index (χ2v) is 10.3. The summed E-state index contributed by atoms with van der Waals surface area (Å²) in [5.74, 6) is 0.536. The van der Waals surface area contributed by atoms with Gasteiger partial charge in [-0.15, -0.1) is 11.3 Å². The number of piperidine rings is 1. The van der Waals surface area contributed by atoms with Gasteiger partial charge < -0.3 is 25.4 Å². The molecule has 1 saturated heterocycles. The maximum atomic E-state index is 13.4. The van der Waals surface area contributed by atoms with Gasteiger partial charge in [-0.1, -0.05) is 0 Å². The summed E-state index contributed by atoms with van der Waals surface area (Å²) in [5, 5.41) is 10.2. The van der Waals surface area contributed by atoms with E-state index in [0.29, 0.717) is 40.0 Å². The van der Waals surface area contributed by atoms with Gasteiger partial charge in [-0.05, 0) is 70.0 Å². The first-order chi connectivity index (χ1) is 17.4. The monoisotopic (exact) mass is 509 g/mol. The van der Waals surface area contributed by atoms with E-state index >= 15 is 0 Å². The largest absolute Gasteiger partial charge is 0.491 e. The van der Waals surface area contributed by atoms with E-state index < -0.39 is 0 Å². The first kappa shape index (κ1) is 24.5. The van der Waals surface area contributed by atoms with Gasteiger partial charge >= 0.3 is 6.03 Å². The van der Waals surface area contributed by atoms with Crippen LogP contribution in [0.2, 0.25) is 0 Å². The number of aryl methyl sites for hydroxylation is 1. The second-order valence-electron chi connectivity index (χ2n) is 9.32. The Bertz CT molecular complexity index is 1280. The highest BCUT2D eigenvalue weighted by Gasteiger charge is 2.33. The van der Waals surface area contributed by atoms with Crippen molar-refractivity contribution in [1.29, 1.82) is 0 Å². The Hall–Kier alpha value is -3.21. The predicted octanol–water partition coefficient (Wildman–Crippen LogP) is 4.57. The lowest BCUT2D eigenvalue weighted by molar-refractivity contribution is 0.0552. The number of carbonyl (C=O) groups is 2. The van der Waals surface area contributed by atoms with E-state index in [0.717, 1.165) is 42.6 Å².